The van der Waals surface area contributed by atoms with Crippen LogP contribution < -0.4 is 4.40 Å². The smallest absolute Gasteiger partial charge is 0.237 e. The summed E-state index contributed by atoms with van der Waals surface area (Å²) in [5.74, 6) is 0. The highest BCUT2D eigenvalue weighted by Crippen LogP contribution is 2.23. The van der Waals surface area contributed by atoms with Crippen LogP contribution in [0.3, 0.4) is 0 Å². The first-order chi connectivity index (χ1) is 11.6. The fraction of sp³-hybridized carbons (Fsp3) is 0.278. The Morgan fingerprint density at radius 2 is 1.71 bits per heavy atom. The minimum atomic E-state index is -3.37. The summed E-state index contributed by atoms with van der Waals surface area (Å²) in [6.45, 7) is 1.26. The second-order valence-corrected chi connectivity index (χ2v) is 8.09. The van der Waals surface area contributed by atoms with Crippen LogP contribution in [0.25, 0.3) is 16.9 Å². The summed E-state index contributed by atoms with van der Waals surface area (Å²) in [7, 11) is -3.37. The number of imidazole rings is 1. The number of pyridine rings is 1. The SMILES string of the molecule is O=S(=O)(c1ccc(-c2c[n+]3ccccc3[nH]2)cc1)N1CCCCC1. The molecule has 0 amide bonds. The number of H-pyrrole nitrogens is 1. The molecule has 0 aliphatic carbocycles. The lowest BCUT2D eigenvalue weighted by molar-refractivity contribution is -0.509. The molecule has 0 saturated carbocycles. The van der Waals surface area contributed by atoms with E-state index in [1.807, 2.05) is 47.1 Å². The van der Waals surface area contributed by atoms with Crippen molar-refractivity contribution in [2.75, 3.05) is 13.1 Å². The van der Waals surface area contributed by atoms with Crippen LogP contribution in [-0.4, -0.2) is 30.8 Å². The molecule has 124 valence electrons. The van der Waals surface area contributed by atoms with Crippen molar-refractivity contribution in [3.05, 3.63) is 54.9 Å². The van der Waals surface area contributed by atoms with E-state index in [1.54, 1.807) is 16.4 Å². The van der Waals surface area contributed by atoms with Gasteiger partial charge in [0.25, 0.3) is 5.65 Å². The van der Waals surface area contributed by atoms with Crippen LogP contribution in [0.2, 0.25) is 0 Å². The lowest BCUT2D eigenvalue weighted by atomic mass is 10.2. The van der Waals surface area contributed by atoms with Gasteiger partial charge in [0.1, 0.15) is 6.20 Å². The van der Waals surface area contributed by atoms with Crippen LogP contribution in [0.4, 0.5) is 0 Å². The molecule has 5 nitrogen and oxygen atoms in total. The zero-order valence-electron chi connectivity index (χ0n) is 13.4. The topological polar surface area (TPSA) is 57.3 Å². The fourth-order valence-electron chi connectivity index (χ4n) is 3.19. The summed E-state index contributed by atoms with van der Waals surface area (Å²) < 4.78 is 29.0. The average molecular weight is 342 g/mol. The Labute approximate surface area is 141 Å². The number of benzene rings is 1. The first-order valence-electron chi connectivity index (χ1n) is 8.24. The van der Waals surface area contributed by atoms with Gasteiger partial charge in [-0.2, -0.15) is 4.31 Å². The van der Waals surface area contributed by atoms with E-state index >= 15 is 0 Å². The van der Waals surface area contributed by atoms with Gasteiger partial charge in [0.05, 0.1) is 11.1 Å². The van der Waals surface area contributed by atoms with Gasteiger partial charge in [-0.1, -0.05) is 12.5 Å². The minimum Gasteiger partial charge on any atom is -0.237 e. The van der Waals surface area contributed by atoms with Crippen LogP contribution in [-0.2, 0) is 10.0 Å². The zero-order chi connectivity index (χ0) is 16.6. The number of aromatic amines is 1. The number of hydrogen-bond donors (Lipinski definition) is 1. The van der Waals surface area contributed by atoms with Gasteiger partial charge >= 0.3 is 0 Å². The maximum Gasteiger partial charge on any atom is 0.284 e. The molecule has 0 bridgehead atoms. The summed E-state index contributed by atoms with van der Waals surface area (Å²) in [5.41, 5.74) is 2.93. The molecule has 1 aromatic carbocycles. The molecule has 1 aliphatic heterocycles. The summed E-state index contributed by atoms with van der Waals surface area (Å²) in [6.07, 6.45) is 6.99. The second-order valence-electron chi connectivity index (χ2n) is 6.15. The van der Waals surface area contributed by atoms with Crippen molar-refractivity contribution in [3.8, 4) is 11.3 Å². The molecule has 3 heterocycles. The van der Waals surface area contributed by atoms with E-state index in [9.17, 15) is 8.42 Å². The predicted molar refractivity (Wildman–Crippen MR) is 92.0 cm³/mol. The first kappa shape index (κ1) is 15.4. The third-order valence-corrected chi connectivity index (χ3v) is 6.45. The van der Waals surface area contributed by atoms with Crippen molar-refractivity contribution in [1.82, 2.24) is 9.29 Å². The normalized spacial score (nSPS) is 16.5. The van der Waals surface area contributed by atoms with Gasteiger partial charge in [-0.3, -0.25) is 0 Å². The largest absolute Gasteiger partial charge is 0.284 e. The molecule has 4 rings (SSSR count). The summed E-state index contributed by atoms with van der Waals surface area (Å²) in [6, 6.07) is 13.1. The van der Waals surface area contributed by atoms with Gasteiger partial charge in [-0.05, 0) is 43.2 Å². The molecular weight excluding hydrogens is 322 g/mol. The third kappa shape index (κ3) is 2.72. The zero-order valence-corrected chi connectivity index (χ0v) is 14.2. The van der Waals surface area contributed by atoms with Crippen molar-refractivity contribution in [3.63, 3.8) is 0 Å². The van der Waals surface area contributed by atoms with E-state index in [4.69, 9.17) is 0 Å². The molecular formula is C18H20N3O2S+. The van der Waals surface area contributed by atoms with E-state index in [0.717, 1.165) is 36.2 Å². The summed E-state index contributed by atoms with van der Waals surface area (Å²) >= 11 is 0. The van der Waals surface area contributed by atoms with E-state index < -0.39 is 10.0 Å². The Morgan fingerprint density at radius 1 is 0.958 bits per heavy atom. The van der Waals surface area contributed by atoms with Gasteiger partial charge in [-0.15, -0.1) is 0 Å². The van der Waals surface area contributed by atoms with E-state index in [2.05, 4.69) is 4.98 Å². The van der Waals surface area contributed by atoms with Gasteiger partial charge in [0.2, 0.25) is 10.0 Å². The number of fused-ring (bicyclic) bond motifs is 1. The van der Waals surface area contributed by atoms with E-state index in [0.29, 0.717) is 18.0 Å². The van der Waals surface area contributed by atoms with Gasteiger partial charge in [0, 0.05) is 24.7 Å². The molecule has 0 unspecified atom stereocenters. The Morgan fingerprint density at radius 3 is 2.42 bits per heavy atom. The van der Waals surface area contributed by atoms with Crippen molar-refractivity contribution in [1.29, 1.82) is 0 Å². The highest BCUT2D eigenvalue weighted by molar-refractivity contribution is 7.89. The number of nitrogens with one attached hydrogen (secondary N) is 1. The molecule has 0 spiro atoms. The van der Waals surface area contributed by atoms with Crippen molar-refractivity contribution < 1.29 is 12.8 Å². The Bertz CT molecular complexity index is 922. The third-order valence-electron chi connectivity index (χ3n) is 4.54. The Balaban J connectivity index is 1.64. The lowest BCUT2D eigenvalue weighted by Gasteiger charge is -2.25. The van der Waals surface area contributed by atoms with Crippen LogP contribution >= 0.6 is 0 Å². The van der Waals surface area contributed by atoms with Gasteiger partial charge in [-0.25, -0.2) is 17.8 Å². The standard InChI is InChI=1S/C18H19N3O2S/c22-24(23,21-12-3-1-4-13-21)16-9-7-15(8-10-16)17-14-20-11-5-2-6-18(20)19-17/h2,5-11,14H,1,3-4,12-13H2/p+1. The van der Waals surface area contributed by atoms with E-state index in [-0.39, 0.29) is 0 Å². The molecule has 1 fully saturated rings. The molecule has 6 heteroatoms. The maximum atomic E-state index is 12.7. The highest BCUT2D eigenvalue weighted by Gasteiger charge is 2.25. The molecule has 1 N–H and O–H groups in total. The fourth-order valence-corrected chi connectivity index (χ4v) is 4.71. The number of piperidine rings is 1. The van der Waals surface area contributed by atoms with Gasteiger partial charge < -0.3 is 0 Å². The van der Waals surface area contributed by atoms with Crippen LogP contribution in [0.1, 0.15) is 19.3 Å². The van der Waals surface area contributed by atoms with Crippen molar-refractivity contribution in [2.45, 2.75) is 24.2 Å². The number of hydrogen-bond acceptors (Lipinski definition) is 2. The van der Waals surface area contributed by atoms with Crippen molar-refractivity contribution in [2.24, 2.45) is 0 Å². The molecule has 24 heavy (non-hydrogen) atoms. The predicted octanol–water partition coefficient (Wildman–Crippen LogP) is 2.60. The summed E-state index contributed by atoms with van der Waals surface area (Å²) in [4.78, 5) is 3.71. The first-order valence-corrected chi connectivity index (χ1v) is 9.68. The van der Waals surface area contributed by atoms with E-state index in [1.165, 1.54) is 0 Å². The number of sulfonamides is 1. The average Bonchev–Trinajstić information content (AvgIpc) is 3.07. The molecule has 1 saturated heterocycles. The van der Waals surface area contributed by atoms with Crippen molar-refractivity contribution >= 4 is 15.7 Å². The Kier molecular flexibility index (Phi) is 3.86. The molecule has 0 radical (unpaired) electrons. The second kappa shape index (κ2) is 6.03. The molecule has 0 atom stereocenters. The summed E-state index contributed by atoms with van der Waals surface area (Å²) in [5, 5.41) is 0. The van der Waals surface area contributed by atoms with Crippen LogP contribution in [0, 0.1) is 0 Å². The molecule has 1 aliphatic rings. The lowest BCUT2D eigenvalue weighted by Crippen LogP contribution is -2.35. The van der Waals surface area contributed by atoms with Crippen LogP contribution in [0.15, 0.2) is 59.8 Å². The maximum absolute atomic E-state index is 12.7. The number of rotatable bonds is 3. The highest BCUT2D eigenvalue weighted by atomic mass is 32.2. The van der Waals surface area contributed by atoms with Gasteiger partial charge in [0.15, 0.2) is 5.69 Å². The number of aromatic nitrogens is 2. The minimum absolute atomic E-state index is 0.372. The molecule has 2 aromatic heterocycles. The quantitative estimate of drug-likeness (QED) is 0.744. The van der Waals surface area contributed by atoms with Crippen LogP contribution in [0.5, 0.6) is 0 Å². The molecule has 3 aromatic rings. The monoisotopic (exact) mass is 342 g/mol. The number of nitrogens with zero attached hydrogens (tertiary/aromatic N) is 2. The Hall–Kier alpha value is -2.18.